The molecule has 0 spiro atoms. The number of pyridine rings is 1. The van der Waals surface area contributed by atoms with Crippen LogP contribution in [0.1, 0.15) is 26.3 Å². The highest BCUT2D eigenvalue weighted by atomic mass is 16.5. The first-order valence-electron chi connectivity index (χ1n) is 10.2. The minimum Gasteiger partial charge on any atom is -0.378 e. The van der Waals surface area contributed by atoms with Gasteiger partial charge in [-0.15, -0.1) is 0 Å². The summed E-state index contributed by atoms with van der Waals surface area (Å²) in [7, 11) is 0. The molecule has 0 saturated carbocycles. The fourth-order valence-electron chi connectivity index (χ4n) is 3.41. The van der Waals surface area contributed by atoms with Gasteiger partial charge in [-0.2, -0.15) is 0 Å². The topological polar surface area (TPSA) is 83.6 Å². The molecule has 1 saturated heterocycles. The Labute approximate surface area is 181 Å². The molecule has 0 atom stereocenters. The van der Waals surface area contributed by atoms with Crippen molar-refractivity contribution in [3.63, 3.8) is 0 Å². The van der Waals surface area contributed by atoms with Gasteiger partial charge in [0.25, 0.3) is 11.8 Å². The number of hydrogen-bond donors (Lipinski definition) is 2. The smallest absolute Gasteiger partial charge is 0.255 e. The van der Waals surface area contributed by atoms with Crippen molar-refractivity contribution in [1.29, 1.82) is 0 Å². The van der Waals surface area contributed by atoms with Crippen LogP contribution in [-0.4, -0.2) is 43.1 Å². The zero-order valence-electron chi connectivity index (χ0n) is 17.1. The first kappa shape index (κ1) is 20.6. The summed E-state index contributed by atoms with van der Waals surface area (Å²) in [6.07, 6.45) is 3.39. The summed E-state index contributed by atoms with van der Waals surface area (Å²) in [5.74, 6) is -0.525. The lowest BCUT2D eigenvalue weighted by Crippen LogP contribution is -2.36. The van der Waals surface area contributed by atoms with Gasteiger partial charge in [-0.25, -0.2) is 0 Å². The number of morpholine rings is 1. The zero-order valence-corrected chi connectivity index (χ0v) is 17.1. The molecule has 0 aliphatic carbocycles. The lowest BCUT2D eigenvalue weighted by molar-refractivity contribution is 0.0951. The van der Waals surface area contributed by atoms with Gasteiger partial charge in [0.1, 0.15) is 0 Å². The Bertz CT molecular complexity index is 1030. The predicted octanol–water partition coefficient (Wildman–Crippen LogP) is 3.10. The summed E-state index contributed by atoms with van der Waals surface area (Å²) in [4.78, 5) is 31.7. The first-order valence-corrected chi connectivity index (χ1v) is 10.2. The Hall–Kier alpha value is -3.71. The van der Waals surface area contributed by atoms with E-state index >= 15 is 0 Å². The van der Waals surface area contributed by atoms with E-state index in [1.54, 1.807) is 48.8 Å². The minimum atomic E-state index is -0.263. The number of nitrogens with zero attached hydrogens (tertiary/aromatic N) is 2. The summed E-state index contributed by atoms with van der Waals surface area (Å²) in [5.41, 5.74) is 3.37. The van der Waals surface area contributed by atoms with Gasteiger partial charge in [-0.1, -0.05) is 18.2 Å². The average Bonchev–Trinajstić information content (AvgIpc) is 2.84. The van der Waals surface area contributed by atoms with Crippen LogP contribution in [0.25, 0.3) is 0 Å². The normalized spacial score (nSPS) is 13.5. The highest BCUT2D eigenvalue weighted by molar-refractivity contribution is 6.09. The molecule has 4 rings (SSSR count). The van der Waals surface area contributed by atoms with Gasteiger partial charge in [0, 0.05) is 43.3 Å². The third-order valence-corrected chi connectivity index (χ3v) is 5.10. The largest absolute Gasteiger partial charge is 0.378 e. The van der Waals surface area contributed by atoms with Crippen molar-refractivity contribution in [3.8, 4) is 0 Å². The lowest BCUT2D eigenvalue weighted by Gasteiger charge is -2.28. The van der Waals surface area contributed by atoms with Crippen molar-refractivity contribution in [2.45, 2.75) is 6.54 Å². The highest BCUT2D eigenvalue weighted by Crippen LogP contribution is 2.19. The molecule has 2 amide bonds. The number of nitrogens with one attached hydrogen (secondary N) is 2. The predicted molar refractivity (Wildman–Crippen MR) is 119 cm³/mol. The molecule has 7 nitrogen and oxygen atoms in total. The van der Waals surface area contributed by atoms with Crippen LogP contribution in [0.15, 0.2) is 73.1 Å². The second kappa shape index (κ2) is 9.86. The van der Waals surface area contributed by atoms with E-state index in [2.05, 4.69) is 20.5 Å². The summed E-state index contributed by atoms with van der Waals surface area (Å²) in [6.45, 7) is 3.46. The summed E-state index contributed by atoms with van der Waals surface area (Å²) in [5, 5.41) is 5.73. The first-order chi connectivity index (χ1) is 15.2. The van der Waals surface area contributed by atoms with Crippen LogP contribution in [0.3, 0.4) is 0 Å². The molecule has 1 fully saturated rings. The van der Waals surface area contributed by atoms with Crippen LogP contribution >= 0.6 is 0 Å². The van der Waals surface area contributed by atoms with Gasteiger partial charge in [0.15, 0.2) is 0 Å². The quantitative estimate of drug-likeness (QED) is 0.645. The summed E-state index contributed by atoms with van der Waals surface area (Å²) in [6, 6.07) is 18.1. The molecule has 1 aromatic heterocycles. The monoisotopic (exact) mass is 416 g/mol. The lowest BCUT2D eigenvalue weighted by atomic mass is 10.1. The molecule has 2 heterocycles. The van der Waals surface area contributed by atoms with E-state index in [1.165, 1.54) is 0 Å². The third-order valence-electron chi connectivity index (χ3n) is 5.10. The van der Waals surface area contributed by atoms with E-state index in [0.29, 0.717) is 36.6 Å². The van der Waals surface area contributed by atoms with E-state index in [9.17, 15) is 9.59 Å². The molecule has 2 aromatic carbocycles. The molecule has 0 bridgehead atoms. The van der Waals surface area contributed by atoms with Crippen LogP contribution in [0, 0.1) is 0 Å². The zero-order chi connectivity index (χ0) is 21.5. The molecule has 3 aromatic rings. The maximum Gasteiger partial charge on any atom is 0.255 e. The highest BCUT2D eigenvalue weighted by Gasteiger charge is 2.15. The van der Waals surface area contributed by atoms with Crippen molar-refractivity contribution in [1.82, 2.24) is 10.3 Å². The maximum absolute atomic E-state index is 12.8. The Morgan fingerprint density at radius 1 is 0.935 bits per heavy atom. The molecule has 0 unspecified atom stereocenters. The van der Waals surface area contributed by atoms with Crippen LogP contribution in [0.2, 0.25) is 0 Å². The molecule has 1 aliphatic rings. The number of para-hydroxylation sites is 1. The Morgan fingerprint density at radius 2 is 1.71 bits per heavy atom. The van der Waals surface area contributed by atoms with Crippen molar-refractivity contribution in [3.05, 3.63) is 89.7 Å². The SMILES string of the molecule is O=C(Nc1ccccc1C(=O)NCc1cccnc1)c1ccc(N2CCOCC2)cc1. The van der Waals surface area contributed by atoms with Crippen molar-refractivity contribution >= 4 is 23.2 Å². The Morgan fingerprint density at radius 3 is 2.45 bits per heavy atom. The van der Waals surface area contributed by atoms with E-state index in [1.807, 2.05) is 24.3 Å². The van der Waals surface area contributed by atoms with E-state index in [4.69, 9.17) is 4.74 Å². The minimum absolute atomic E-state index is 0.262. The van der Waals surface area contributed by atoms with E-state index < -0.39 is 0 Å². The van der Waals surface area contributed by atoms with Gasteiger partial charge in [0.05, 0.1) is 24.5 Å². The maximum atomic E-state index is 12.8. The second-order valence-electron chi connectivity index (χ2n) is 7.19. The van der Waals surface area contributed by atoms with Crippen LogP contribution in [0.4, 0.5) is 11.4 Å². The van der Waals surface area contributed by atoms with Gasteiger partial charge in [-0.05, 0) is 48.0 Å². The van der Waals surface area contributed by atoms with Crippen molar-refractivity contribution in [2.24, 2.45) is 0 Å². The molecule has 2 N–H and O–H groups in total. The Kier molecular flexibility index (Phi) is 6.54. The summed E-state index contributed by atoms with van der Waals surface area (Å²) < 4.78 is 5.38. The third kappa shape index (κ3) is 5.26. The van der Waals surface area contributed by atoms with Crippen LogP contribution < -0.4 is 15.5 Å². The molecule has 0 radical (unpaired) electrons. The Balaban J connectivity index is 1.42. The van der Waals surface area contributed by atoms with Crippen LogP contribution in [0.5, 0.6) is 0 Å². The van der Waals surface area contributed by atoms with Gasteiger partial charge < -0.3 is 20.3 Å². The number of aromatic nitrogens is 1. The van der Waals surface area contributed by atoms with Crippen molar-refractivity contribution < 1.29 is 14.3 Å². The van der Waals surface area contributed by atoms with E-state index in [0.717, 1.165) is 24.3 Å². The molecule has 158 valence electrons. The molecule has 31 heavy (non-hydrogen) atoms. The average molecular weight is 416 g/mol. The number of ether oxygens (including phenoxy) is 1. The van der Waals surface area contributed by atoms with Crippen LogP contribution in [-0.2, 0) is 11.3 Å². The number of carbonyl (C=O) groups excluding carboxylic acids is 2. The number of amides is 2. The molecule has 7 heteroatoms. The van der Waals surface area contributed by atoms with E-state index in [-0.39, 0.29) is 11.8 Å². The fraction of sp³-hybridized carbons (Fsp3) is 0.208. The van der Waals surface area contributed by atoms with Crippen molar-refractivity contribution in [2.75, 3.05) is 36.5 Å². The van der Waals surface area contributed by atoms with Gasteiger partial charge in [-0.3, -0.25) is 14.6 Å². The summed E-state index contributed by atoms with van der Waals surface area (Å²) >= 11 is 0. The fourth-order valence-corrected chi connectivity index (χ4v) is 3.41. The molecule has 1 aliphatic heterocycles. The number of hydrogen-bond acceptors (Lipinski definition) is 5. The standard InChI is InChI=1S/C24H24N4O3/c29-23(19-7-9-20(10-8-19)28-12-14-31-15-13-28)27-22-6-2-1-5-21(22)24(30)26-17-18-4-3-11-25-16-18/h1-11,16H,12-15,17H2,(H,26,30)(H,27,29). The number of benzene rings is 2. The number of rotatable bonds is 6. The van der Waals surface area contributed by atoms with Gasteiger partial charge in [0.2, 0.25) is 0 Å². The van der Waals surface area contributed by atoms with Gasteiger partial charge >= 0.3 is 0 Å². The number of anilines is 2. The molecular formula is C24H24N4O3. The second-order valence-corrected chi connectivity index (χ2v) is 7.19. The number of carbonyl (C=O) groups is 2. The molecular weight excluding hydrogens is 392 g/mol.